The maximum Gasteiger partial charge on any atom is 0.416 e. The Bertz CT molecular complexity index is 6030. The van der Waals surface area contributed by atoms with Crippen LogP contribution in [0.5, 0.6) is 17.2 Å². The van der Waals surface area contributed by atoms with Crippen LogP contribution in [0.3, 0.4) is 0 Å². The molecule has 42 heteroatoms. The van der Waals surface area contributed by atoms with Gasteiger partial charge in [0.05, 0.1) is 149 Å². The molecule has 6 aliphatic heterocycles. The summed E-state index contributed by atoms with van der Waals surface area (Å²) < 4.78 is 293. The number of esters is 3. The number of hydrogen-bond acceptors (Lipinski definition) is 21. The lowest BCUT2D eigenvalue weighted by atomic mass is 9.71. The standard InChI is InChI=1S/2C35H35F6N3O5.C32H31F6N3O5/c2*1-18-10-29(43-8-5-9-43)42-27(30(18)26-15-20(6-7-28(26)47-3)21-11-23(12-21)32(45)48-4)17-44-19(2)31(49-33(44)46)22-13-24(34(36,37)38)16-25(14-22)35(39,40)41;1-17-10-26(40-8-5-9-40)39-24(28(17)23-11-19(12-27(42)45-4)6-7-25(23)44-3)16-41-18(2)29(46-30(41)43)20-13-21(31(33,34)35)15-22(14-20)32(36,37)38/h2*6-7,10,13-16,19,21,23,31H,5,8-9,11-12,17H2,1-4H3;6-7,10-11,13-15,18,29H,5,8-9,12,16H2,1-4H3/t2*19-,21?,23?,31-;18-,29-/m000/s1. The number of carbonyl (C=O) groups excluding carboxylic acids is 6. The summed E-state index contributed by atoms with van der Waals surface area (Å²) in [6.07, 6.45) is -31.9. The molecule has 9 aromatic rings. The number of methoxy groups -OCH3 is 6. The van der Waals surface area contributed by atoms with Crippen molar-refractivity contribution in [3.63, 3.8) is 0 Å². The van der Waals surface area contributed by atoms with Gasteiger partial charge in [0, 0.05) is 72.6 Å². The number of carbonyl (C=O) groups is 6. The van der Waals surface area contributed by atoms with Gasteiger partial charge in [-0.25, -0.2) is 29.3 Å². The zero-order valence-electron chi connectivity index (χ0n) is 79.9. The van der Waals surface area contributed by atoms with Gasteiger partial charge in [-0.2, -0.15) is 79.0 Å². The maximum absolute atomic E-state index is 13.7. The predicted molar refractivity (Wildman–Crippen MR) is 486 cm³/mol. The second-order valence-electron chi connectivity index (χ2n) is 36.9. The summed E-state index contributed by atoms with van der Waals surface area (Å²) in [5.74, 6) is 2.42. The molecule has 0 spiro atoms. The van der Waals surface area contributed by atoms with Gasteiger partial charge in [0.2, 0.25) is 0 Å². The number of anilines is 3. The molecule has 3 amide bonds. The van der Waals surface area contributed by atoms with E-state index in [4.69, 9.17) is 57.6 Å². The molecule has 144 heavy (non-hydrogen) atoms. The fourth-order valence-corrected chi connectivity index (χ4v) is 19.3. The van der Waals surface area contributed by atoms with Gasteiger partial charge in [0.25, 0.3) is 0 Å². The number of amides is 3. The number of hydrogen-bond donors (Lipinski definition) is 0. The zero-order valence-corrected chi connectivity index (χ0v) is 79.9. The average Bonchev–Trinajstić information content (AvgIpc) is 1.29. The van der Waals surface area contributed by atoms with E-state index in [0.29, 0.717) is 153 Å². The van der Waals surface area contributed by atoms with Gasteiger partial charge in [0.1, 0.15) is 53.0 Å². The normalized spacial score (nSPS) is 21.1. The van der Waals surface area contributed by atoms with Gasteiger partial charge in [-0.1, -0.05) is 18.2 Å². The Morgan fingerprint density at radius 2 is 0.611 bits per heavy atom. The lowest BCUT2D eigenvalue weighted by Gasteiger charge is -2.34. The van der Waals surface area contributed by atoms with Crippen molar-refractivity contribution >= 4 is 53.6 Å². The van der Waals surface area contributed by atoms with E-state index < -0.39 is 148 Å². The first-order chi connectivity index (χ1) is 67.8. The van der Waals surface area contributed by atoms with Crippen LogP contribution in [0.2, 0.25) is 0 Å². The third-order valence-corrected chi connectivity index (χ3v) is 27.7. The molecular weight excluding hydrogens is 1930 g/mol. The summed E-state index contributed by atoms with van der Waals surface area (Å²) in [6.45, 7) is 14.4. The van der Waals surface area contributed by atoms with E-state index in [0.717, 1.165) is 86.3 Å². The second kappa shape index (κ2) is 41.0. The third kappa shape index (κ3) is 22.1. The molecule has 6 aromatic carbocycles. The first-order valence-electron chi connectivity index (χ1n) is 46.1. The van der Waals surface area contributed by atoms with Gasteiger partial charge in [-0.15, -0.1) is 0 Å². The molecule has 0 unspecified atom stereocenters. The number of alkyl halides is 18. The van der Waals surface area contributed by atoms with Crippen LogP contribution in [0.25, 0.3) is 33.4 Å². The summed E-state index contributed by atoms with van der Waals surface area (Å²) in [6, 6.07) is 23.2. The first kappa shape index (κ1) is 105. The van der Waals surface area contributed by atoms with E-state index in [1.807, 2.05) is 80.3 Å². The maximum atomic E-state index is 13.7. The molecule has 2 aliphatic carbocycles. The van der Waals surface area contributed by atoms with Crippen LogP contribution < -0.4 is 28.9 Å². The van der Waals surface area contributed by atoms with Crippen LogP contribution in [-0.2, 0) is 106 Å². The molecule has 0 radical (unpaired) electrons. The Kier molecular flexibility index (Phi) is 29.8. The average molecular weight is 2030 g/mol. The monoisotopic (exact) mass is 2030 g/mol. The van der Waals surface area contributed by atoms with Crippen molar-refractivity contribution in [2.24, 2.45) is 11.8 Å². The van der Waals surface area contributed by atoms with Crippen molar-refractivity contribution in [3.05, 3.63) is 228 Å². The Labute approximate surface area is 815 Å². The van der Waals surface area contributed by atoms with E-state index >= 15 is 0 Å². The number of aromatic nitrogens is 3. The molecule has 24 nitrogen and oxygen atoms in total. The summed E-state index contributed by atoms with van der Waals surface area (Å²) >= 11 is 0. The minimum atomic E-state index is -5.06. The molecule has 9 heterocycles. The molecule has 6 saturated heterocycles. The van der Waals surface area contributed by atoms with Crippen molar-refractivity contribution < 1.29 is 150 Å². The molecule has 8 fully saturated rings. The van der Waals surface area contributed by atoms with Crippen LogP contribution in [0.15, 0.2) is 127 Å². The highest BCUT2D eigenvalue weighted by Gasteiger charge is 2.50. The number of nitrogens with zero attached hydrogens (tertiary/aromatic N) is 9. The van der Waals surface area contributed by atoms with E-state index in [9.17, 15) is 108 Å². The predicted octanol–water partition coefficient (Wildman–Crippen LogP) is 23.2. The lowest BCUT2D eigenvalue weighted by Crippen LogP contribution is -2.38. The molecule has 770 valence electrons. The highest BCUT2D eigenvalue weighted by atomic mass is 19.4. The summed E-state index contributed by atoms with van der Waals surface area (Å²) in [5, 5.41) is 0. The van der Waals surface area contributed by atoms with E-state index in [-0.39, 0.29) is 79.9 Å². The topological polar surface area (TPSA) is 244 Å². The number of halogens is 18. The highest BCUT2D eigenvalue weighted by Crippen LogP contribution is 2.53. The zero-order chi connectivity index (χ0) is 104. The fourth-order valence-electron chi connectivity index (χ4n) is 19.3. The van der Waals surface area contributed by atoms with Crippen molar-refractivity contribution in [1.29, 1.82) is 0 Å². The van der Waals surface area contributed by atoms with Gasteiger partial charge in [-0.05, 0) is 258 Å². The largest absolute Gasteiger partial charge is 0.496 e. The minimum Gasteiger partial charge on any atom is -0.496 e. The number of pyridine rings is 3. The summed E-state index contributed by atoms with van der Waals surface area (Å²) in [7, 11) is 8.54. The quantitative estimate of drug-likeness (QED) is 0.0310. The van der Waals surface area contributed by atoms with Crippen LogP contribution >= 0.6 is 0 Å². The molecule has 6 atom stereocenters. The Hall–Kier alpha value is -13.5. The Morgan fingerprint density at radius 3 is 0.847 bits per heavy atom. The Balaban J connectivity index is 0.000000163. The van der Waals surface area contributed by atoms with Gasteiger partial charge in [-0.3, -0.25) is 29.1 Å². The van der Waals surface area contributed by atoms with Crippen LogP contribution in [0, 0.1) is 32.6 Å². The van der Waals surface area contributed by atoms with Crippen molar-refractivity contribution in [2.75, 3.05) is 96.6 Å². The summed E-state index contributed by atoms with van der Waals surface area (Å²) in [4.78, 5) is 101. The van der Waals surface area contributed by atoms with Crippen LogP contribution in [0.1, 0.15) is 196 Å². The number of ether oxygens (including phenoxy) is 9. The van der Waals surface area contributed by atoms with Crippen LogP contribution in [0.4, 0.5) is 111 Å². The molecule has 0 bridgehead atoms. The van der Waals surface area contributed by atoms with Crippen molar-refractivity contribution in [3.8, 4) is 50.6 Å². The number of rotatable bonds is 24. The van der Waals surface area contributed by atoms with Gasteiger partial charge < -0.3 is 57.3 Å². The first-order valence-corrected chi connectivity index (χ1v) is 46.1. The fraction of sp³-hybridized carbons (Fsp3) is 0.441. The third-order valence-electron chi connectivity index (χ3n) is 27.7. The highest BCUT2D eigenvalue weighted by molar-refractivity contribution is 5.84. The lowest BCUT2D eigenvalue weighted by molar-refractivity contribution is -0.149. The number of benzene rings is 6. The van der Waals surface area contributed by atoms with E-state index in [2.05, 4.69) is 9.80 Å². The molecule has 17 rings (SSSR count). The smallest absolute Gasteiger partial charge is 0.416 e. The van der Waals surface area contributed by atoms with Crippen molar-refractivity contribution in [2.45, 2.75) is 198 Å². The Morgan fingerprint density at radius 1 is 0.347 bits per heavy atom. The second-order valence-corrected chi connectivity index (χ2v) is 36.9. The van der Waals surface area contributed by atoms with Gasteiger partial charge >= 0.3 is 73.2 Å². The molecule has 0 N–H and O–H groups in total. The molecule has 2 saturated carbocycles. The summed E-state index contributed by atoms with van der Waals surface area (Å²) in [5.41, 5.74) is 0.0238. The number of cyclic esters (lactones) is 3. The molecule has 8 aliphatic rings. The van der Waals surface area contributed by atoms with Crippen molar-refractivity contribution in [1.82, 2.24) is 29.7 Å². The van der Waals surface area contributed by atoms with E-state index in [1.165, 1.54) is 78.1 Å². The number of aryl methyl sites for hydroxylation is 3. The van der Waals surface area contributed by atoms with Crippen LogP contribution in [-0.4, -0.2) is 166 Å². The molecule has 3 aromatic heterocycles. The van der Waals surface area contributed by atoms with Gasteiger partial charge in [0.15, 0.2) is 0 Å². The minimum absolute atomic E-state index is 0.0186. The van der Waals surface area contributed by atoms with E-state index in [1.54, 1.807) is 18.2 Å². The molecular formula is C102H101F18N9O15. The SMILES string of the molecule is COC(=O)C1CC(c2ccc(OC)c(-c3c(C)cc(N4CCC4)nc3CN3C(=O)O[C@H](c4cc(C(F)(F)F)cc(C(F)(F)F)c4)[C@@H]3C)c2)C1.COC(=O)C1CC(c2ccc(OC)c(-c3c(C)cc(N4CCC4)nc3CN3C(=O)O[C@H](c4cc(C(F)(F)F)cc(C(F)(F)F)c4)[C@@H]3C)c2)C1.COC(=O)Cc1ccc(OC)c(-c2c(C)cc(N3CCC3)nc2CN2C(=O)O[C@H](c3cc(C(F)(F)F)cc(C(F)(F)F)c3)[C@@H]2C)c1.